The highest BCUT2D eigenvalue weighted by molar-refractivity contribution is 5.93. The van der Waals surface area contributed by atoms with Crippen LogP contribution in [0.4, 0.5) is 13.2 Å². The number of halogens is 3. The van der Waals surface area contributed by atoms with Gasteiger partial charge in [0.15, 0.2) is 11.5 Å². The summed E-state index contributed by atoms with van der Waals surface area (Å²) in [6, 6.07) is 2.00. The van der Waals surface area contributed by atoms with E-state index in [2.05, 4.69) is 15.3 Å². The number of likely N-dealkylation sites (tertiary alicyclic amines) is 1. The third-order valence-corrected chi connectivity index (χ3v) is 5.61. The minimum Gasteiger partial charge on any atom is -0.481 e. The number of fused-ring (bicyclic) bond motifs is 1. The maximum atomic E-state index is 12.7. The third kappa shape index (κ3) is 2.90. The van der Waals surface area contributed by atoms with Crippen LogP contribution >= 0.6 is 0 Å². The summed E-state index contributed by atoms with van der Waals surface area (Å²) in [6.07, 6.45) is -0.412. The number of alkyl halides is 3. The smallest absolute Gasteiger partial charge is 0.417 e. The zero-order valence-electron chi connectivity index (χ0n) is 14.6. The van der Waals surface area contributed by atoms with Crippen molar-refractivity contribution in [2.45, 2.75) is 25.4 Å². The molecule has 28 heavy (non-hydrogen) atoms. The van der Waals surface area contributed by atoms with E-state index in [1.165, 1.54) is 11.1 Å². The average Bonchev–Trinajstić information content (AvgIpc) is 3.34. The van der Waals surface area contributed by atoms with Crippen LogP contribution in [0.2, 0.25) is 0 Å². The van der Waals surface area contributed by atoms with E-state index in [1.54, 1.807) is 0 Å². The van der Waals surface area contributed by atoms with E-state index >= 15 is 0 Å². The molecule has 0 spiro atoms. The number of carbonyl (C=O) groups excluding carboxylic acids is 1. The van der Waals surface area contributed by atoms with Crippen LogP contribution in [-0.2, 0) is 11.0 Å². The molecule has 0 aromatic carbocycles. The highest BCUT2D eigenvalue weighted by atomic mass is 19.4. The Morgan fingerprint density at radius 3 is 2.68 bits per heavy atom. The molecule has 148 valence electrons. The first kappa shape index (κ1) is 18.4. The molecule has 2 aromatic rings. The Balaban J connectivity index is 1.52. The Hall–Kier alpha value is -2.98. The van der Waals surface area contributed by atoms with Gasteiger partial charge in [0.1, 0.15) is 0 Å². The maximum absolute atomic E-state index is 12.7. The Bertz CT molecular complexity index is 927. The molecule has 1 aliphatic heterocycles. The van der Waals surface area contributed by atoms with E-state index in [-0.39, 0.29) is 24.0 Å². The molecule has 0 unspecified atom stereocenters. The summed E-state index contributed by atoms with van der Waals surface area (Å²) in [5, 5.41) is 17.2. The van der Waals surface area contributed by atoms with Crippen LogP contribution in [-0.4, -0.2) is 55.0 Å². The summed E-state index contributed by atoms with van der Waals surface area (Å²) < 4.78 is 39.0. The molecule has 2 aromatic heterocycles. The second kappa shape index (κ2) is 6.28. The molecule has 0 bridgehead atoms. The summed E-state index contributed by atoms with van der Waals surface area (Å²) in [7, 11) is 0. The van der Waals surface area contributed by atoms with E-state index < -0.39 is 29.0 Å². The molecule has 1 aliphatic carbocycles. The van der Waals surface area contributed by atoms with Gasteiger partial charge in [-0.15, -0.1) is 5.10 Å². The minimum absolute atomic E-state index is 0.0118. The van der Waals surface area contributed by atoms with Crippen molar-refractivity contribution in [3.63, 3.8) is 0 Å². The Labute approximate surface area is 157 Å². The zero-order chi connectivity index (χ0) is 20.1. The normalized spacial score (nSPS) is 24.4. The van der Waals surface area contributed by atoms with Crippen molar-refractivity contribution in [3.8, 4) is 5.82 Å². The topological polar surface area (TPSA) is 101 Å². The molecule has 1 N–H and O–H groups in total. The fourth-order valence-corrected chi connectivity index (χ4v) is 4.12. The summed E-state index contributed by atoms with van der Waals surface area (Å²) in [4.78, 5) is 29.6. The van der Waals surface area contributed by atoms with E-state index in [0.717, 1.165) is 29.7 Å². The molecule has 1 saturated carbocycles. The van der Waals surface area contributed by atoms with E-state index in [0.29, 0.717) is 19.2 Å². The molecule has 1 saturated heterocycles. The molecule has 8 nitrogen and oxygen atoms in total. The fraction of sp³-hybridized carbons (Fsp3) is 0.471. The van der Waals surface area contributed by atoms with E-state index in [4.69, 9.17) is 0 Å². The van der Waals surface area contributed by atoms with Gasteiger partial charge in [0.25, 0.3) is 5.91 Å². The lowest BCUT2D eigenvalue weighted by atomic mass is 9.81. The van der Waals surface area contributed by atoms with Crippen LogP contribution in [0.25, 0.3) is 5.82 Å². The Kier molecular flexibility index (Phi) is 4.12. The van der Waals surface area contributed by atoms with Gasteiger partial charge < -0.3 is 10.0 Å². The summed E-state index contributed by atoms with van der Waals surface area (Å²) in [6.45, 7) is 0.466. The molecular weight excluding hydrogens is 379 g/mol. The van der Waals surface area contributed by atoms with Gasteiger partial charge in [-0.1, -0.05) is 11.6 Å². The van der Waals surface area contributed by atoms with Gasteiger partial charge in [-0.3, -0.25) is 9.59 Å². The van der Waals surface area contributed by atoms with Crippen molar-refractivity contribution in [3.05, 3.63) is 35.8 Å². The lowest BCUT2D eigenvalue weighted by Gasteiger charge is -2.22. The quantitative estimate of drug-likeness (QED) is 0.853. The highest BCUT2D eigenvalue weighted by Crippen LogP contribution is 2.49. The number of carboxylic acid groups (broad SMARTS) is 1. The SMILES string of the molecule is O=C(c1cn(-c2ccc(C(F)(F)F)cn2)nn1)N1C[C@@H]2CCC[C@@]2(C(=O)O)C1. The van der Waals surface area contributed by atoms with Crippen LogP contribution in [0, 0.1) is 11.3 Å². The van der Waals surface area contributed by atoms with Gasteiger partial charge in [0.2, 0.25) is 0 Å². The van der Waals surface area contributed by atoms with Gasteiger partial charge in [-0.05, 0) is 30.9 Å². The van der Waals surface area contributed by atoms with Crippen LogP contribution in [0.15, 0.2) is 24.5 Å². The third-order valence-electron chi connectivity index (χ3n) is 5.61. The number of aliphatic carboxylic acids is 1. The lowest BCUT2D eigenvalue weighted by molar-refractivity contribution is -0.149. The molecule has 3 heterocycles. The van der Waals surface area contributed by atoms with Crippen molar-refractivity contribution in [1.29, 1.82) is 0 Å². The number of aromatic nitrogens is 4. The second-order valence-corrected chi connectivity index (χ2v) is 7.19. The number of amides is 1. The van der Waals surface area contributed by atoms with Gasteiger partial charge >= 0.3 is 12.1 Å². The maximum Gasteiger partial charge on any atom is 0.417 e. The number of hydrogen-bond donors (Lipinski definition) is 1. The average molecular weight is 395 g/mol. The monoisotopic (exact) mass is 395 g/mol. The first-order valence-electron chi connectivity index (χ1n) is 8.69. The standard InChI is InChI=1S/C17H16F3N5O3/c18-17(19,20)10-3-4-13(21-6-10)25-8-12(22-23-25)14(26)24-7-11-2-1-5-16(11,9-24)15(27)28/h3-4,6,8,11H,1-2,5,7,9H2,(H,27,28)/t11-,16+/m0/s1. The first-order valence-corrected chi connectivity index (χ1v) is 8.69. The van der Waals surface area contributed by atoms with Crippen molar-refractivity contribution >= 4 is 11.9 Å². The lowest BCUT2D eigenvalue weighted by Crippen LogP contribution is -2.37. The molecule has 2 atom stereocenters. The summed E-state index contributed by atoms with van der Waals surface area (Å²) in [5.41, 5.74) is -1.81. The van der Waals surface area contributed by atoms with Crippen LogP contribution in [0.5, 0.6) is 0 Å². The zero-order valence-corrected chi connectivity index (χ0v) is 14.6. The second-order valence-electron chi connectivity index (χ2n) is 7.19. The van der Waals surface area contributed by atoms with Crippen molar-refractivity contribution in [2.24, 2.45) is 11.3 Å². The van der Waals surface area contributed by atoms with Crippen molar-refractivity contribution in [2.75, 3.05) is 13.1 Å². The summed E-state index contributed by atoms with van der Waals surface area (Å²) >= 11 is 0. The largest absolute Gasteiger partial charge is 0.481 e. The van der Waals surface area contributed by atoms with Crippen molar-refractivity contribution < 1.29 is 27.9 Å². The predicted molar refractivity (Wildman–Crippen MR) is 87.5 cm³/mol. The van der Waals surface area contributed by atoms with Gasteiger partial charge in [0.05, 0.1) is 17.2 Å². The molecule has 11 heteroatoms. The summed E-state index contributed by atoms with van der Waals surface area (Å²) in [5.74, 6) is -1.34. The van der Waals surface area contributed by atoms with Crippen LogP contribution in [0.1, 0.15) is 35.3 Å². The molecule has 2 fully saturated rings. The Morgan fingerprint density at radius 2 is 2.07 bits per heavy atom. The van der Waals surface area contributed by atoms with E-state index in [1.807, 2.05) is 0 Å². The molecule has 0 radical (unpaired) electrons. The van der Waals surface area contributed by atoms with Crippen LogP contribution < -0.4 is 0 Å². The number of carboxylic acids is 1. The predicted octanol–water partition coefficient (Wildman–Crippen LogP) is 2.01. The highest BCUT2D eigenvalue weighted by Gasteiger charge is 2.56. The van der Waals surface area contributed by atoms with Gasteiger partial charge in [-0.2, -0.15) is 13.2 Å². The molecular formula is C17H16F3N5O3. The van der Waals surface area contributed by atoms with Crippen LogP contribution in [0.3, 0.4) is 0 Å². The van der Waals surface area contributed by atoms with Gasteiger partial charge in [-0.25, -0.2) is 9.67 Å². The van der Waals surface area contributed by atoms with Crippen molar-refractivity contribution in [1.82, 2.24) is 24.9 Å². The fourth-order valence-electron chi connectivity index (χ4n) is 4.12. The molecule has 4 rings (SSSR count). The molecule has 2 aliphatic rings. The number of carbonyl (C=O) groups is 2. The van der Waals surface area contributed by atoms with E-state index in [9.17, 15) is 27.9 Å². The number of rotatable bonds is 3. The number of nitrogens with zero attached hydrogens (tertiary/aromatic N) is 5. The Morgan fingerprint density at radius 1 is 1.29 bits per heavy atom. The number of pyridine rings is 1. The first-order chi connectivity index (χ1) is 13.2. The number of hydrogen-bond acceptors (Lipinski definition) is 5. The minimum atomic E-state index is -4.50. The van der Waals surface area contributed by atoms with Gasteiger partial charge in [0, 0.05) is 19.3 Å². The molecule has 1 amide bonds.